The van der Waals surface area contributed by atoms with Crippen molar-refractivity contribution >= 4 is 23.3 Å². The van der Waals surface area contributed by atoms with Gasteiger partial charge in [-0.05, 0) is 24.3 Å². The quantitative estimate of drug-likeness (QED) is 0.578. The number of carbonyl (C=O) groups is 1. The van der Waals surface area contributed by atoms with Crippen molar-refractivity contribution in [3.8, 4) is 0 Å². The maximum Gasteiger partial charge on any atom is 0.300 e. The second-order valence-electron chi connectivity index (χ2n) is 3.91. The molecule has 4 N–H and O–H groups in total. The van der Waals surface area contributed by atoms with Gasteiger partial charge in [0.1, 0.15) is 0 Å². The topological polar surface area (TPSA) is 90.4 Å². The van der Waals surface area contributed by atoms with E-state index < -0.39 is 5.97 Å². The second kappa shape index (κ2) is 7.58. The molecule has 0 amide bonds. The third-order valence-corrected chi connectivity index (χ3v) is 2.27. The first-order chi connectivity index (χ1) is 9.52. The summed E-state index contributed by atoms with van der Waals surface area (Å²) in [7, 11) is 0. The second-order valence-corrected chi connectivity index (χ2v) is 3.91. The normalized spacial score (nSPS) is 9.05. The largest absolute Gasteiger partial charge is 0.481 e. The molecule has 0 radical (unpaired) electrons. The maximum atomic E-state index is 9.00. The molecule has 0 saturated carbocycles. The Kier molecular flexibility index (Phi) is 5.77. The van der Waals surface area contributed by atoms with Crippen LogP contribution in [-0.4, -0.2) is 17.0 Å². The highest BCUT2D eigenvalue weighted by molar-refractivity contribution is 5.99. The molecule has 20 heavy (non-hydrogen) atoms. The number of aliphatic carboxylic acids is 1. The van der Waals surface area contributed by atoms with Gasteiger partial charge in [-0.2, -0.15) is 0 Å². The van der Waals surface area contributed by atoms with Gasteiger partial charge in [-0.3, -0.25) is 15.1 Å². The van der Waals surface area contributed by atoms with Gasteiger partial charge in [-0.25, -0.2) is 0 Å². The summed E-state index contributed by atoms with van der Waals surface area (Å²) in [6.45, 7) is 1.08. The van der Waals surface area contributed by atoms with Gasteiger partial charge >= 0.3 is 0 Å². The van der Waals surface area contributed by atoms with E-state index in [0.717, 1.165) is 18.3 Å². The summed E-state index contributed by atoms with van der Waals surface area (Å²) >= 11 is 0. The molecule has 2 rings (SSSR count). The molecule has 0 aliphatic rings. The predicted octanol–water partition coefficient (Wildman–Crippen LogP) is 2.81. The molecular weight excluding hydrogens is 254 g/mol. The number of carboxylic acid groups (broad SMARTS) is 1. The Labute approximate surface area is 117 Å². The number of anilines is 2. The molecule has 5 heteroatoms. The first-order valence-corrected chi connectivity index (χ1v) is 5.96. The molecule has 2 aromatic rings. The van der Waals surface area contributed by atoms with Gasteiger partial charge in [-0.15, -0.1) is 0 Å². The maximum absolute atomic E-state index is 9.00. The number of carboxylic acids is 1. The Morgan fingerprint density at radius 1 is 1.00 bits per heavy atom. The van der Waals surface area contributed by atoms with Gasteiger partial charge in [0.25, 0.3) is 5.97 Å². The van der Waals surface area contributed by atoms with Crippen LogP contribution in [0.5, 0.6) is 0 Å². The van der Waals surface area contributed by atoms with E-state index in [1.54, 1.807) is 4.90 Å². The lowest BCUT2D eigenvalue weighted by molar-refractivity contribution is -0.134. The fraction of sp³-hybridized carbons (Fsp3) is 0.0667. The van der Waals surface area contributed by atoms with Gasteiger partial charge in [0.2, 0.25) is 0 Å². The van der Waals surface area contributed by atoms with Crippen molar-refractivity contribution in [2.45, 2.75) is 6.92 Å². The lowest BCUT2D eigenvalue weighted by atomic mass is 10.2. The van der Waals surface area contributed by atoms with Crippen LogP contribution in [0.3, 0.4) is 0 Å². The van der Waals surface area contributed by atoms with Crippen LogP contribution in [0.4, 0.5) is 11.4 Å². The molecule has 0 fully saturated rings. The fourth-order valence-corrected chi connectivity index (χ4v) is 1.58. The summed E-state index contributed by atoms with van der Waals surface area (Å²) in [6, 6.07) is 19.3. The number of rotatable bonds is 2. The highest BCUT2D eigenvalue weighted by Gasteiger charge is 2.10. The van der Waals surface area contributed by atoms with Crippen LogP contribution >= 0.6 is 0 Å². The SMILES string of the molecule is CC(=O)O.N=C(N)N(c1ccccc1)c1ccccc1. The summed E-state index contributed by atoms with van der Waals surface area (Å²) in [4.78, 5) is 10.7. The van der Waals surface area contributed by atoms with E-state index in [1.807, 2.05) is 60.7 Å². The summed E-state index contributed by atoms with van der Waals surface area (Å²) in [5.41, 5.74) is 7.39. The summed E-state index contributed by atoms with van der Waals surface area (Å²) in [6.07, 6.45) is 0. The number of para-hydroxylation sites is 2. The monoisotopic (exact) mass is 271 g/mol. The van der Waals surface area contributed by atoms with Crippen molar-refractivity contribution in [2.75, 3.05) is 4.90 Å². The molecule has 0 bridgehead atoms. The van der Waals surface area contributed by atoms with Crippen LogP contribution in [-0.2, 0) is 4.79 Å². The number of benzene rings is 2. The molecule has 0 saturated heterocycles. The molecule has 0 aliphatic carbocycles. The van der Waals surface area contributed by atoms with Gasteiger partial charge < -0.3 is 10.8 Å². The fourth-order valence-electron chi connectivity index (χ4n) is 1.58. The molecule has 5 nitrogen and oxygen atoms in total. The van der Waals surface area contributed by atoms with Crippen LogP contribution in [0.2, 0.25) is 0 Å². The van der Waals surface area contributed by atoms with Crippen molar-refractivity contribution < 1.29 is 9.90 Å². The third-order valence-electron chi connectivity index (χ3n) is 2.27. The zero-order valence-corrected chi connectivity index (χ0v) is 11.2. The average molecular weight is 271 g/mol. The number of nitrogens with one attached hydrogen (secondary N) is 1. The van der Waals surface area contributed by atoms with Crippen molar-refractivity contribution in [1.29, 1.82) is 5.41 Å². The Hall–Kier alpha value is -2.82. The van der Waals surface area contributed by atoms with Gasteiger partial charge in [0, 0.05) is 18.3 Å². The Balaban J connectivity index is 0.000000444. The third kappa shape index (κ3) is 4.81. The van der Waals surface area contributed by atoms with E-state index in [-0.39, 0.29) is 5.96 Å². The van der Waals surface area contributed by atoms with E-state index in [1.165, 1.54) is 0 Å². The minimum absolute atomic E-state index is 0.0115. The van der Waals surface area contributed by atoms with Crippen LogP contribution in [0.1, 0.15) is 6.92 Å². The zero-order chi connectivity index (χ0) is 15.0. The molecule has 0 aliphatic heterocycles. The standard InChI is InChI=1S/C13H13N3.C2H4O2/c14-13(15)16(11-7-3-1-4-8-11)12-9-5-2-6-10-12;1-2(3)4/h1-10H,(H3,14,15);1H3,(H,3,4). The van der Waals surface area contributed by atoms with E-state index in [9.17, 15) is 0 Å². The molecule has 0 aromatic heterocycles. The smallest absolute Gasteiger partial charge is 0.300 e. The highest BCUT2D eigenvalue weighted by Crippen LogP contribution is 2.23. The number of nitrogens with zero attached hydrogens (tertiary/aromatic N) is 1. The molecule has 0 unspecified atom stereocenters. The minimum Gasteiger partial charge on any atom is -0.481 e. The summed E-state index contributed by atoms with van der Waals surface area (Å²) < 4.78 is 0. The van der Waals surface area contributed by atoms with Crippen LogP contribution in [0, 0.1) is 5.41 Å². The lowest BCUT2D eigenvalue weighted by Crippen LogP contribution is -2.32. The van der Waals surface area contributed by atoms with E-state index in [4.69, 9.17) is 21.0 Å². The first kappa shape index (κ1) is 15.2. The number of guanidine groups is 1. The van der Waals surface area contributed by atoms with Crippen LogP contribution < -0.4 is 10.6 Å². The van der Waals surface area contributed by atoms with Crippen molar-refractivity contribution in [3.63, 3.8) is 0 Å². The van der Waals surface area contributed by atoms with Crippen LogP contribution in [0.15, 0.2) is 60.7 Å². The minimum atomic E-state index is -0.833. The molecule has 2 aromatic carbocycles. The van der Waals surface area contributed by atoms with E-state index >= 15 is 0 Å². The van der Waals surface area contributed by atoms with Crippen LogP contribution in [0.25, 0.3) is 0 Å². The number of nitrogens with two attached hydrogens (primary N) is 1. The molecule has 0 atom stereocenters. The zero-order valence-electron chi connectivity index (χ0n) is 11.2. The Morgan fingerprint density at radius 3 is 1.55 bits per heavy atom. The van der Waals surface area contributed by atoms with E-state index in [0.29, 0.717) is 0 Å². The van der Waals surface area contributed by atoms with Gasteiger partial charge in [0.15, 0.2) is 5.96 Å². The summed E-state index contributed by atoms with van der Waals surface area (Å²) in [5, 5.41) is 15.0. The molecule has 104 valence electrons. The molecular formula is C15H17N3O2. The number of hydrogen-bond donors (Lipinski definition) is 3. The van der Waals surface area contributed by atoms with Crippen molar-refractivity contribution in [2.24, 2.45) is 5.73 Å². The van der Waals surface area contributed by atoms with Gasteiger partial charge in [-0.1, -0.05) is 36.4 Å². The highest BCUT2D eigenvalue weighted by atomic mass is 16.4. The Bertz CT molecular complexity index is 512. The van der Waals surface area contributed by atoms with E-state index in [2.05, 4.69) is 0 Å². The predicted molar refractivity (Wildman–Crippen MR) is 80.2 cm³/mol. The van der Waals surface area contributed by atoms with Crippen molar-refractivity contribution in [3.05, 3.63) is 60.7 Å². The lowest BCUT2D eigenvalue weighted by Gasteiger charge is -2.22. The number of hydrogen-bond acceptors (Lipinski definition) is 2. The molecule has 0 spiro atoms. The Morgan fingerprint density at radius 2 is 1.30 bits per heavy atom. The van der Waals surface area contributed by atoms with Gasteiger partial charge in [0.05, 0.1) is 0 Å². The average Bonchev–Trinajstić information content (AvgIpc) is 2.40. The van der Waals surface area contributed by atoms with Crippen molar-refractivity contribution in [1.82, 2.24) is 0 Å². The first-order valence-electron chi connectivity index (χ1n) is 5.96. The molecule has 0 heterocycles. The summed E-state index contributed by atoms with van der Waals surface area (Å²) in [5.74, 6) is -0.822.